The molecule has 0 bridgehead atoms. The molecular weight excluding hydrogens is 268 g/mol. The van der Waals surface area contributed by atoms with Crippen molar-refractivity contribution >= 4 is 5.91 Å². The molecule has 0 spiro atoms. The fourth-order valence-electron chi connectivity index (χ4n) is 2.11. The van der Waals surface area contributed by atoms with Crippen molar-refractivity contribution in [1.29, 1.82) is 0 Å². The number of nitrogens with one attached hydrogen (secondary N) is 1. The molecule has 2 heterocycles. The number of rotatable bonds is 7. The van der Waals surface area contributed by atoms with Gasteiger partial charge in [0, 0.05) is 38.4 Å². The van der Waals surface area contributed by atoms with Crippen LogP contribution in [0.1, 0.15) is 42.1 Å². The van der Waals surface area contributed by atoms with Crippen molar-refractivity contribution in [2.24, 2.45) is 7.05 Å². The molecule has 114 valence electrons. The quantitative estimate of drug-likeness (QED) is 0.824. The van der Waals surface area contributed by atoms with Gasteiger partial charge in [-0.3, -0.25) is 14.2 Å². The highest BCUT2D eigenvalue weighted by Crippen LogP contribution is 2.05. The molecule has 0 saturated carbocycles. The molecule has 0 atom stereocenters. The van der Waals surface area contributed by atoms with Crippen LogP contribution >= 0.6 is 0 Å². The van der Waals surface area contributed by atoms with Crippen LogP contribution in [0.25, 0.3) is 0 Å². The molecule has 2 aromatic heterocycles. The van der Waals surface area contributed by atoms with Crippen LogP contribution in [0.4, 0.5) is 0 Å². The highest BCUT2D eigenvalue weighted by molar-refractivity contribution is 5.92. The number of amides is 1. The summed E-state index contributed by atoms with van der Waals surface area (Å²) < 4.78 is 3.54. The van der Waals surface area contributed by atoms with Gasteiger partial charge in [-0.15, -0.1) is 5.10 Å². The Morgan fingerprint density at radius 1 is 1.33 bits per heavy atom. The minimum atomic E-state index is -0.143. The van der Waals surface area contributed by atoms with E-state index in [9.17, 15) is 4.79 Å². The van der Waals surface area contributed by atoms with E-state index >= 15 is 0 Å². The molecule has 21 heavy (non-hydrogen) atoms. The smallest absolute Gasteiger partial charge is 0.271 e. The van der Waals surface area contributed by atoms with Crippen LogP contribution in [0.3, 0.4) is 0 Å². The number of hydrogen-bond acceptors (Lipinski definition) is 4. The van der Waals surface area contributed by atoms with Crippen LogP contribution in [0, 0.1) is 0 Å². The molecule has 0 aliphatic heterocycles. The summed E-state index contributed by atoms with van der Waals surface area (Å²) in [6, 6.07) is 1.85. The lowest BCUT2D eigenvalue weighted by molar-refractivity contribution is 0.0948. The van der Waals surface area contributed by atoms with E-state index in [-0.39, 0.29) is 5.91 Å². The summed E-state index contributed by atoms with van der Waals surface area (Å²) in [6.07, 6.45) is 4.53. The number of carbonyl (C=O) groups excluding carboxylic acids is 1. The molecule has 0 aliphatic carbocycles. The normalized spacial score (nSPS) is 10.8. The van der Waals surface area contributed by atoms with Gasteiger partial charge in [0.1, 0.15) is 5.69 Å². The Balaban J connectivity index is 1.85. The number of aryl methyl sites for hydroxylation is 3. The molecule has 0 saturated heterocycles. The third-order valence-corrected chi connectivity index (χ3v) is 3.29. The van der Waals surface area contributed by atoms with Crippen molar-refractivity contribution in [3.05, 3.63) is 29.3 Å². The molecular formula is C14H22N6O. The van der Waals surface area contributed by atoms with Crippen molar-refractivity contribution in [1.82, 2.24) is 30.1 Å². The minimum absolute atomic E-state index is 0.143. The summed E-state index contributed by atoms with van der Waals surface area (Å²) in [6.45, 7) is 5.44. The fourth-order valence-corrected chi connectivity index (χ4v) is 2.11. The van der Waals surface area contributed by atoms with E-state index in [0.717, 1.165) is 30.8 Å². The van der Waals surface area contributed by atoms with Gasteiger partial charge in [-0.25, -0.2) is 0 Å². The minimum Gasteiger partial charge on any atom is -0.350 e. The summed E-state index contributed by atoms with van der Waals surface area (Å²) in [4.78, 5) is 12.0. The zero-order chi connectivity index (χ0) is 15.2. The second kappa shape index (κ2) is 7.01. The van der Waals surface area contributed by atoms with Gasteiger partial charge in [-0.2, -0.15) is 5.10 Å². The van der Waals surface area contributed by atoms with Gasteiger partial charge < -0.3 is 5.32 Å². The van der Waals surface area contributed by atoms with Crippen LogP contribution in [0.15, 0.2) is 12.3 Å². The average molecular weight is 290 g/mol. The van der Waals surface area contributed by atoms with E-state index in [1.54, 1.807) is 9.36 Å². The molecule has 0 aliphatic rings. The second-order valence-corrected chi connectivity index (χ2v) is 4.97. The number of hydrogen-bond donors (Lipinski definition) is 1. The summed E-state index contributed by atoms with van der Waals surface area (Å²) in [5.41, 5.74) is 2.43. The Labute approximate surface area is 124 Å². The van der Waals surface area contributed by atoms with Crippen LogP contribution in [0.5, 0.6) is 0 Å². The third kappa shape index (κ3) is 3.90. The topological polar surface area (TPSA) is 77.6 Å². The number of carbonyl (C=O) groups is 1. The first kappa shape index (κ1) is 15.2. The van der Waals surface area contributed by atoms with E-state index in [1.165, 1.54) is 0 Å². The fraction of sp³-hybridized carbons (Fsp3) is 0.571. The van der Waals surface area contributed by atoms with Crippen molar-refractivity contribution in [2.45, 2.75) is 39.7 Å². The molecule has 0 fully saturated rings. The first-order valence-electron chi connectivity index (χ1n) is 7.34. The van der Waals surface area contributed by atoms with Crippen LogP contribution < -0.4 is 5.32 Å². The summed E-state index contributed by atoms with van der Waals surface area (Å²) >= 11 is 0. The SMILES string of the molecule is CCCc1cc(C(=O)NCCc2cn(CC)nn2)nn1C. The van der Waals surface area contributed by atoms with Crippen molar-refractivity contribution < 1.29 is 4.79 Å². The summed E-state index contributed by atoms with van der Waals surface area (Å²) in [7, 11) is 1.87. The monoisotopic (exact) mass is 290 g/mol. The van der Waals surface area contributed by atoms with Gasteiger partial charge in [0.05, 0.1) is 5.69 Å². The van der Waals surface area contributed by atoms with Crippen LogP contribution in [-0.2, 0) is 26.4 Å². The molecule has 0 radical (unpaired) electrons. The lowest BCUT2D eigenvalue weighted by Crippen LogP contribution is -2.26. The standard InChI is InChI=1S/C14H22N6O/c1-4-6-12-9-13(17-19(12)3)14(21)15-8-7-11-10-20(5-2)18-16-11/h9-10H,4-8H2,1-3H3,(H,15,21). The zero-order valence-electron chi connectivity index (χ0n) is 12.8. The Hall–Kier alpha value is -2.18. The highest BCUT2D eigenvalue weighted by Gasteiger charge is 2.12. The van der Waals surface area contributed by atoms with Crippen molar-refractivity contribution in [2.75, 3.05) is 6.54 Å². The predicted octanol–water partition coefficient (Wildman–Crippen LogP) is 0.956. The molecule has 1 amide bonds. The van der Waals surface area contributed by atoms with Crippen LogP contribution in [-0.4, -0.2) is 37.2 Å². The van der Waals surface area contributed by atoms with E-state index in [1.807, 2.05) is 26.2 Å². The van der Waals surface area contributed by atoms with Crippen molar-refractivity contribution in [3.63, 3.8) is 0 Å². The number of nitrogens with zero attached hydrogens (tertiary/aromatic N) is 5. The largest absolute Gasteiger partial charge is 0.350 e. The number of aromatic nitrogens is 5. The molecule has 7 heteroatoms. The Kier molecular flexibility index (Phi) is 5.08. The summed E-state index contributed by atoms with van der Waals surface area (Å²) in [5.74, 6) is -0.143. The Morgan fingerprint density at radius 2 is 2.14 bits per heavy atom. The van der Waals surface area contributed by atoms with Gasteiger partial charge in [-0.1, -0.05) is 18.6 Å². The molecule has 0 aromatic carbocycles. The van der Waals surface area contributed by atoms with Gasteiger partial charge in [0.2, 0.25) is 0 Å². The van der Waals surface area contributed by atoms with E-state index in [0.29, 0.717) is 18.7 Å². The third-order valence-electron chi connectivity index (χ3n) is 3.29. The van der Waals surface area contributed by atoms with E-state index in [4.69, 9.17) is 0 Å². The molecule has 7 nitrogen and oxygen atoms in total. The lowest BCUT2D eigenvalue weighted by atomic mass is 10.2. The maximum Gasteiger partial charge on any atom is 0.271 e. The van der Waals surface area contributed by atoms with Gasteiger partial charge in [-0.05, 0) is 19.4 Å². The molecule has 0 unspecified atom stereocenters. The first-order valence-corrected chi connectivity index (χ1v) is 7.34. The van der Waals surface area contributed by atoms with E-state index < -0.39 is 0 Å². The highest BCUT2D eigenvalue weighted by atomic mass is 16.1. The zero-order valence-corrected chi connectivity index (χ0v) is 12.8. The second-order valence-electron chi connectivity index (χ2n) is 4.97. The van der Waals surface area contributed by atoms with Gasteiger partial charge in [0.15, 0.2) is 0 Å². The average Bonchev–Trinajstić information content (AvgIpc) is 3.07. The first-order chi connectivity index (χ1) is 10.1. The molecule has 1 N–H and O–H groups in total. The van der Waals surface area contributed by atoms with Gasteiger partial charge >= 0.3 is 0 Å². The Bertz CT molecular complexity index is 600. The molecule has 2 rings (SSSR count). The molecule has 2 aromatic rings. The van der Waals surface area contributed by atoms with E-state index in [2.05, 4.69) is 27.7 Å². The maximum absolute atomic E-state index is 12.0. The Morgan fingerprint density at radius 3 is 2.81 bits per heavy atom. The van der Waals surface area contributed by atoms with Gasteiger partial charge in [0.25, 0.3) is 5.91 Å². The lowest BCUT2D eigenvalue weighted by Gasteiger charge is -2.00. The van der Waals surface area contributed by atoms with Crippen molar-refractivity contribution in [3.8, 4) is 0 Å². The predicted molar refractivity (Wildman–Crippen MR) is 78.9 cm³/mol. The maximum atomic E-state index is 12.0. The summed E-state index contributed by atoms with van der Waals surface area (Å²) in [5, 5.41) is 15.1. The van der Waals surface area contributed by atoms with Crippen LogP contribution in [0.2, 0.25) is 0 Å².